The summed E-state index contributed by atoms with van der Waals surface area (Å²) in [4.78, 5) is 18.9. The third kappa shape index (κ3) is 4.11. The van der Waals surface area contributed by atoms with Gasteiger partial charge >= 0.3 is 0 Å². The smallest absolute Gasteiger partial charge is 0.259 e. The van der Waals surface area contributed by atoms with Crippen molar-refractivity contribution in [1.82, 2.24) is 15.2 Å². The van der Waals surface area contributed by atoms with Gasteiger partial charge in [-0.15, -0.1) is 0 Å². The fourth-order valence-electron chi connectivity index (χ4n) is 3.74. The van der Waals surface area contributed by atoms with Crippen molar-refractivity contribution in [3.63, 3.8) is 0 Å². The van der Waals surface area contributed by atoms with Gasteiger partial charge in [-0.1, -0.05) is 0 Å². The van der Waals surface area contributed by atoms with E-state index >= 15 is 0 Å². The maximum atomic E-state index is 14.5. The Kier molecular flexibility index (Phi) is 5.17. The number of amides is 1. The van der Waals surface area contributed by atoms with Crippen molar-refractivity contribution >= 4 is 17.5 Å². The molecular formula is C22H21FN6O2. The number of carbonyl (C=O) groups excluding carboxylic acids is 1. The minimum absolute atomic E-state index is 0.137. The van der Waals surface area contributed by atoms with E-state index < -0.39 is 17.3 Å². The molecule has 1 aliphatic rings. The van der Waals surface area contributed by atoms with Crippen LogP contribution in [0.1, 0.15) is 34.8 Å². The van der Waals surface area contributed by atoms with Crippen LogP contribution in [0.5, 0.6) is 0 Å². The van der Waals surface area contributed by atoms with Crippen molar-refractivity contribution in [3.8, 4) is 17.2 Å². The van der Waals surface area contributed by atoms with Gasteiger partial charge < -0.3 is 15.3 Å². The van der Waals surface area contributed by atoms with E-state index in [4.69, 9.17) is 0 Å². The summed E-state index contributed by atoms with van der Waals surface area (Å²) in [5.74, 6) is -0.500. The molecule has 8 nitrogen and oxygen atoms in total. The normalized spacial score (nSPS) is 18.1. The molecule has 0 aliphatic carbocycles. The number of rotatable bonds is 4. The van der Waals surface area contributed by atoms with Gasteiger partial charge in [0.2, 0.25) is 0 Å². The van der Waals surface area contributed by atoms with E-state index in [1.54, 1.807) is 38.4 Å². The molecule has 0 bridgehead atoms. The van der Waals surface area contributed by atoms with E-state index in [1.165, 1.54) is 12.1 Å². The number of H-pyrrole nitrogens is 1. The van der Waals surface area contributed by atoms with Gasteiger partial charge in [-0.25, -0.2) is 9.37 Å². The largest absolute Gasteiger partial charge is 0.388 e. The summed E-state index contributed by atoms with van der Waals surface area (Å²) in [6.07, 6.45) is 3.73. The van der Waals surface area contributed by atoms with Crippen LogP contribution in [0.2, 0.25) is 0 Å². The first kappa shape index (κ1) is 20.5. The SMILES string of the molecule is Cc1cc(F)c(C(=O)Nc2cc[nH]n2)cc1-c1cnc(N2CC[C@](C)(O)C2)c(C#N)c1. The highest BCUT2D eigenvalue weighted by Gasteiger charge is 2.33. The molecular weight excluding hydrogens is 399 g/mol. The fourth-order valence-corrected chi connectivity index (χ4v) is 3.74. The van der Waals surface area contributed by atoms with E-state index in [2.05, 4.69) is 26.6 Å². The highest BCUT2D eigenvalue weighted by molar-refractivity contribution is 6.04. The first-order chi connectivity index (χ1) is 14.8. The number of β-amino-alcohol motifs (C(OH)–C–C–N with tert-alkyl or cyclic N) is 1. The molecule has 1 atom stereocenters. The van der Waals surface area contributed by atoms with Crippen LogP contribution < -0.4 is 10.2 Å². The lowest BCUT2D eigenvalue weighted by Crippen LogP contribution is -2.30. The number of aliphatic hydroxyl groups is 1. The molecule has 0 unspecified atom stereocenters. The Morgan fingerprint density at radius 2 is 2.23 bits per heavy atom. The first-order valence-corrected chi connectivity index (χ1v) is 9.76. The average Bonchev–Trinajstić information content (AvgIpc) is 3.36. The third-order valence-corrected chi connectivity index (χ3v) is 5.35. The molecule has 1 fully saturated rings. The van der Waals surface area contributed by atoms with E-state index in [0.29, 0.717) is 47.6 Å². The van der Waals surface area contributed by atoms with Gasteiger partial charge in [-0.05, 0) is 49.6 Å². The van der Waals surface area contributed by atoms with Gasteiger partial charge in [0.05, 0.1) is 16.7 Å². The maximum absolute atomic E-state index is 14.5. The van der Waals surface area contributed by atoms with Gasteiger partial charge in [0.1, 0.15) is 17.7 Å². The predicted octanol–water partition coefficient (Wildman–Crippen LogP) is 3.00. The third-order valence-electron chi connectivity index (χ3n) is 5.35. The molecule has 3 N–H and O–H groups in total. The number of carbonyl (C=O) groups is 1. The Bertz CT molecular complexity index is 1180. The number of nitrogens with zero attached hydrogens (tertiary/aromatic N) is 4. The number of aromatic amines is 1. The van der Waals surface area contributed by atoms with E-state index in [0.717, 1.165) is 0 Å². The van der Waals surface area contributed by atoms with Gasteiger partial charge in [-0.2, -0.15) is 10.4 Å². The van der Waals surface area contributed by atoms with Crippen molar-refractivity contribution in [2.75, 3.05) is 23.3 Å². The summed E-state index contributed by atoms with van der Waals surface area (Å²) in [6.45, 7) is 4.47. The van der Waals surface area contributed by atoms with Gasteiger partial charge in [0.25, 0.3) is 5.91 Å². The standard InChI is InChI=1S/C22H21FN6O2/c1-13-7-18(23)17(21(30)27-19-3-5-26-28-19)9-16(13)15-8-14(10-24)20(25-11-15)29-6-4-22(2,31)12-29/h3,5,7-9,11,31H,4,6,12H2,1-2H3,(H2,26,27,28,30)/t22-/m0/s1. The highest BCUT2D eigenvalue weighted by Crippen LogP contribution is 2.32. The second-order valence-corrected chi connectivity index (χ2v) is 7.94. The number of benzene rings is 1. The Balaban J connectivity index is 1.69. The Morgan fingerprint density at radius 3 is 2.87 bits per heavy atom. The Labute approximate surface area is 178 Å². The number of pyridine rings is 1. The van der Waals surface area contributed by atoms with Crippen molar-refractivity contribution < 1.29 is 14.3 Å². The van der Waals surface area contributed by atoms with E-state index in [-0.39, 0.29) is 11.4 Å². The highest BCUT2D eigenvalue weighted by atomic mass is 19.1. The minimum Gasteiger partial charge on any atom is -0.388 e. The van der Waals surface area contributed by atoms with Crippen molar-refractivity contribution in [2.45, 2.75) is 25.9 Å². The molecule has 4 rings (SSSR count). The van der Waals surface area contributed by atoms with Crippen molar-refractivity contribution in [3.05, 3.63) is 59.2 Å². The molecule has 158 valence electrons. The molecule has 9 heteroatoms. The molecule has 3 heterocycles. The van der Waals surface area contributed by atoms with Crippen molar-refractivity contribution in [2.24, 2.45) is 0 Å². The van der Waals surface area contributed by atoms with Gasteiger partial charge in [0.15, 0.2) is 5.82 Å². The lowest BCUT2D eigenvalue weighted by molar-refractivity contribution is 0.0838. The van der Waals surface area contributed by atoms with E-state index in [1.807, 2.05) is 4.90 Å². The van der Waals surface area contributed by atoms with Crippen LogP contribution in [-0.4, -0.2) is 44.9 Å². The summed E-state index contributed by atoms with van der Waals surface area (Å²) in [7, 11) is 0. The van der Waals surface area contributed by atoms with Crippen LogP contribution in [-0.2, 0) is 0 Å². The molecule has 0 saturated carbocycles. The number of halogens is 1. The van der Waals surface area contributed by atoms with Gasteiger partial charge in [0, 0.05) is 37.1 Å². The number of anilines is 2. The van der Waals surface area contributed by atoms with Crippen LogP contribution in [0.3, 0.4) is 0 Å². The molecule has 3 aromatic rings. The number of nitriles is 1. The number of hydrogen-bond donors (Lipinski definition) is 3. The Morgan fingerprint density at radius 1 is 1.42 bits per heavy atom. The lowest BCUT2D eigenvalue weighted by Gasteiger charge is -2.21. The number of nitrogens with one attached hydrogen (secondary N) is 2. The van der Waals surface area contributed by atoms with Crippen LogP contribution in [0.25, 0.3) is 11.1 Å². The summed E-state index contributed by atoms with van der Waals surface area (Å²) >= 11 is 0. The van der Waals surface area contributed by atoms with Crippen LogP contribution >= 0.6 is 0 Å². The summed E-state index contributed by atoms with van der Waals surface area (Å²) in [5, 5.41) is 28.8. The van der Waals surface area contributed by atoms with Crippen LogP contribution in [0.15, 0.2) is 36.7 Å². The lowest BCUT2D eigenvalue weighted by atomic mass is 9.97. The molecule has 1 aliphatic heterocycles. The summed E-state index contributed by atoms with van der Waals surface area (Å²) in [5.41, 5.74) is 1.19. The first-order valence-electron chi connectivity index (χ1n) is 9.76. The van der Waals surface area contributed by atoms with Crippen molar-refractivity contribution in [1.29, 1.82) is 5.26 Å². The number of aryl methyl sites for hydroxylation is 1. The quantitative estimate of drug-likeness (QED) is 0.597. The maximum Gasteiger partial charge on any atom is 0.259 e. The Hall–Kier alpha value is -3.77. The topological polar surface area (TPSA) is 118 Å². The zero-order chi connectivity index (χ0) is 22.2. The van der Waals surface area contributed by atoms with Crippen LogP contribution in [0, 0.1) is 24.1 Å². The van der Waals surface area contributed by atoms with Gasteiger partial charge in [-0.3, -0.25) is 9.89 Å². The zero-order valence-electron chi connectivity index (χ0n) is 17.1. The molecule has 31 heavy (non-hydrogen) atoms. The second kappa shape index (κ2) is 7.81. The molecule has 1 amide bonds. The molecule has 1 aromatic carbocycles. The summed E-state index contributed by atoms with van der Waals surface area (Å²) in [6, 6.07) is 8.12. The molecule has 0 radical (unpaired) electrons. The monoisotopic (exact) mass is 420 g/mol. The predicted molar refractivity (Wildman–Crippen MR) is 113 cm³/mol. The molecule has 2 aromatic heterocycles. The number of hydrogen-bond acceptors (Lipinski definition) is 6. The minimum atomic E-state index is -0.822. The average molecular weight is 420 g/mol. The fraction of sp³-hybridized carbons (Fsp3) is 0.273. The molecule has 1 saturated heterocycles. The second-order valence-electron chi connectivity index (χ2n) is 7.94. The summed E-state index contributed by atoms with van der Waals surface area (Å²) < 4.78 is 14.5. The van der Waals surface area contributed by atoms with E-state index in [9.17, 15) is 19.6 Å². The zero-order valence-corrected chi connectivity index (χ0v) is 17.1. The molecule has 0 spiro atoms. The van der Waals surface area contributed by atoms with Crippen LogP contribution in [0.4, 0.5) is 16.0 Å². The number of aromatic nitrogens is 3.